The number of hydrogen-bond donors (Lipinski definition) is 1. The number of aliphatic carboxylic acids is 1. The van der Waals surface area contributed by atoms with Crippen LogP contribution in [0.5, 0.6) is 0 Å². The Morgan fingerprint density at radius 3 is 2.63 bits per heavy atom. The third kappa shape index (κ3) is 2.90. The number of nitrogens with zero attached hydrogens (tertiary/aromatic N) is 2. The molecule has 4 aromatic rings. The first kappa shape index (κ1) is 17.4. The molecule has 2 heterocycles. The zero-order chi connectivity index (χ0) is 19.1. The maximum atomic E-state index is 13.3. The van der Waals surface area contributed by atoms with E-state index in [4.69, 9.17) is 0 Å². The second kappa shape index (κ2) is 6.59. The van der Waals surface area contributed by atoms with Crippen molar-refractivity contribution >= 4 is 39.7 Å². The first-order valence-corrected chi connectivity index (χ1v) is 9.32. The van der Waals surface area contributed by atoms with Crippen molar-refractivity contribution in [1.29, 1.82) is 0 Å². The fraction of sp³-hybridized carbons (Fsp3) is 0.150. The summed E-state index contributed by atoms with van der Waals surface area (Å²) in [4.78, 5) is 32.4. The Morgan fingerprint density at radius 2 is 1.89 bits per heavy atom. The van der Waals surface area contributed by atoms with Crippen LogP contribution in [-0.2, 0) is 4.79 Å². The minimum atomic E-state index is -1.20. The summed E-state index contributed by atoms with van der Waals surface area (Å²) < 4.78 is 1.47. The number of carbonyl (C=O) groups is 1. The van der Waals surface area contributed by atoms with Crippen LogP contribution in [0.1, 0.15) is 12.5 Å². The van der Waals surface area contributed by atoms with E-state index in [1.807, 2.05) is 55.5 Å². The Bertz CT molecular complexity index is 1240. The van der Waals surface area contributed by atoms with Crippen molar-refractivity contribution in [3.05, 3.63) is 64.4 Å². The summed E-state index contributed by atoms with van der Waals surface area (Å²) in [5.41, 5.74) is 3.03. The van der Waals surface area contributed by atoms with Gasteiger partial charge in [0.2, 0.25) is 0 Å². The molecule has 0 saturated heterocycles. The molecule has 0 aliphatic rings. The number of carbonyl (C=O) groups excluding carboxylic acids is 1. The first-order valence-electron chi connectivity index (χ1n) is 8.44. The molecule has 0 amide bonds. The number of rotatable bonds is 4. The molecule has 0 aliphatic heterocycles. The monoisotopic (exact) mass is 378 g/mol. The molecule has 1 atom stereocenters. The average Bonchev–Trinajstić information content (AvgIpc) is 3.02. The molecule has 136 valence electrons. The van der Waals surface area contributed by atoms with Crippen LogP contribution < -0.4 is 10.7 Å². The van der Waals surface area contributed by atoms with E-state index in [-0.39, 0.29) is 5.56 Å². The first-order chi connectivity index (χ1) is 13.0. The molecule has 0 unspecified atom stereocenters. The molecular formula is C20H16N3O3S-. The predicted molar refractivity (Wildman–Crippen MR) is 104 cm³/mol. The molecule has 0 spiro atoms. The number of thioether (sulfide) groups is 1. The Hall–Kier alpha value is -3.06. The third-order valence-electron chi connectivity index (χ3n) is 4.46. The highest BCUT2D eigenvalue weighted by Crippen LogP contribution is 2.28. The van der Waals surface area contributed by atoms with Crippen molar-refractivity contribution in [2.75, 3.05) is 0 Å². The summed E-state index contributed by atoms with van der Waals surface area (Å²) in [5, 5.41) is 11.6. The molecule has 2 aromatic heterocycles. The minimum Gasteiger partial charge on any atom is -0.549 e. The maximum absolute atomic E-state index is 13.3. The van der Waals surface area contributed by atoms with Gasteiger partial charge in [0.15, 0.2) is 5.16 Å². The highest BCUT2D eigenvalue weighted by atomic mass is 32.2. The lowest BCUT2D eigenvalue weighted by molar-refractivity contribution is -0.304. The lowest BCUT2D eigenvalue weighted by Gasteiger charge is -2.17. The van der Waals surface area contributed by atoms with E-state index in [0.29, 0.717) is 21.9 Å². The summed E-state index contributed by atoms with van der Waals surface area (Å²) in [5.74, 6) is -1.20. The van der Waals surface area contributed by atoms with Crippen molar-refractivity contribution in [1.82, 2.24) is 14.5 Å². The summed E-state index contributed by atoms with van der Waals surface area (Å²) in [7, 11) is 0. The summed E-state index contributed by atoms with van der Waals surface area (Å²) in [6.45, 7) is 3.42. The molecule has 0 bridgehead atoms. The van der Waals surface area contributed by atoms with Gasteiger partial charge in [-0.05, 0) is 31.5 Å². The molecule has 0 fully saturated rings. The SMILES string of the molecule is Cc1ccccc1-n1c(S[C@@H](C)C(=O)[O-])nc2c([nH]c3ccccc32)c1=O. The Labute approximate surface area is 158 Å². The predicted octanol–water partition coefficient (Wildman–Crippen LogP) is 2.41. The molecule has 0 radical (unpaired) electrons. The van der Waals surface area contributed by atoms with Gasteiger partial charge in [0.05, 0.1) is 11.7 Å². The number of H-pyrrole nitrogens is 1. The van der Waals surface area contributed by atoms with Gasteiger partial charge >= 0.3 is 0 Å². The normalized spacial score (nSPS) is 12.5. The van der Waals surface area contributed by atoms with E-state index in [1.54, 1.807) is 0 Å². The Morgan fingerprint density at radius 1 is 1.19 bits per heavy atom. The topological polar surface area (TPSA) is 90.8 Å². The van der Waals surface area contributed by atoms with E-state index in [1.165, 1.54) is 11.5 Å². The van der Waals surface area contributed by atoms with Crippen LogP contribution >= 0.6 is 11.8 Å². The van der Waals surface area contributed by atoms with Gasteiger partial charge in [0, 0.05) is 16.2 Å². The van der Waals surface area contributed by atoms with E-state index in [0.717, 1.165) is 28.2 Å². The van der Waals surface area contributed by atoms with E-state index >= 15 is 0 Å². The molecule has 27 heavy (non-hydrogen) atoms. The van der Waals surface area contributed by atoms with Gasteiger partial charge in [-0.15, -0.1) is 0 Å². The van der Waals surface area contributed by atoms with Crippen molar-refractivity contribution < 1.29 is 9.90 Å². The minimum absolute atomic E-state index is 0.265. The highest BCUT2D eigenvalue weighted by Gasteiger charge is 2.20. The molecule has 4 rings (SSSR count). The second-order valence-electron chi connectivity index (χ2n) is 6.29. The van der Waals surface area contributed by atoms with Crippen LogP contribution in [0.3, 0.4) is 0 Å². The smallest absolute Gasteiger partial charge is 0.283 e. The molecule has 6 nitrogen and oxygen atoms in total. The second-order valence-corrected chi connectivity index (χ2v) is 7.60. The van der Waals surface area contributed by atoms with Gasteiger partial charge in [-0.25, -0.2) is 4.98 Å². The Kier molecular flexibility index (Phi) is 4.24. The summed E-state index contributed by atoms with van der Waals surface area (Å²) >= 11 is 0.999. The molecular weight excluding hydrogens is 362 g/mol. The number of nitrogens with one attached hydrogen (secondary N) is 1. The van der Waals surface area contributed by atoms with E-state index in [9.17, 15) is 14.7 Å². The van der Waals surface area contributed by atoms with Gasteiger partial charge in [-0.1, -0.05) is 48.2 Å². The zero-order valence-electron chi connectivity index (χ0n) is 14.7. The van der Waals surface area contributed by atoms with Crippen molar-refractivity contribution in [2.45, 2.75) is 24.3 Å². The summed E-state index contributed by atoms with van der Waals surface area (Å²) in [6.07, 6.45) is 0. The van der Waals surface area contributed by atoms with E-state index in [2.05, 4.69) is 9.97 Å². The lowest BCUT2D eigenvalue weighted by Crippen LogP contribution is -2.32. The number of benzene rings is 2. The number of carboxylic acids is 1. The average molecular weight is 378 g/mol. The third-order valence-corrected chi connectivity index (χ3v) is 5.50. The number of para-hydroxylation sites is 2. The number of aromatic nitrogens is 3. The number of carboxylic acid groups (broad SMARTS) is 1. The van der Waals surface area contributed by atoms with Gasteiger partial charge < -0.3 is 14.9 Å². The van der Waals surface area contributed by atoms with Gasteiger partial charge in [-0.2, -0.15) is 0 Å². The van der Waals surface area contributed by atoms with Crippen LogP contribution in [0.4, 0.5) is 0 Å². The van der Waals surface area contributed by atoms with Crippen LogP contribution in [0.25, 0.3) is 27.6 Å². The quantitative estimate of drug-likeness (QED) is 0.435. The molecule has 0 aliphatic carbocycles. The van der Waals surface area contributed by atoms with E-state index < -0.39 is 11.2 Å². The number of aryl methyl sites for hydroxylation is 1. The Balaban J connectivity index is 2.08. The molecule has 7 heteroatoms. The van der Waals surface area contributed by atoms with Crippen LogP contribution in [-0.4, -0.2) is 25.8 Å². The van der Waals surface area contributed by atoms with Crippen molar-refractivity contribution in [2.24, 2.45) is 0 Å². The van der Waals surface area contributed by atoms with Crippen molar-refractivity contribution in [3.8, 4) is 5.69 Å². The van der Waals surface area contributed by atoms with Gasteiger partial charge in [-0.3, -0.25) is 9.36 Å². The van der Waals surface area contributed by atoms with Gasteiger partial charge in [0.25, 0.3) is 5.56 Å². The van der Waals surface area contributed by atoms with Crippen LogP contribution in [0.2, 0.25) is 0 Å². The summed E-state index contributed by atoms with van der Waals surface area (Å²) in [6, 6.07) is 15.0. The number of fused-ring (bicyclic) bond motifs is 3. The largest absolute Gasteiger partial charge is 0.549 e. The van der Waals surface area contributed by atoms with Crippen LogP contribution in [0.15, 0.2) is 58.5 Å². The standard InChI is InChI=1S/C20H17N3O3S/c1-11-7-3-6-10-15(11)23-18(24)17-16(13-8-4-5-9-14(13)21-17)22-20(23)27-12(2)19(25)26/h3-10,12,21H,1-2H3,(H,25,26)/p-1/t12-/m0/s1. The van der Waals surface area contributed by atoms with Crippen molar-refractivity contribution in [3.63, 3.8) is 0 Å². The van der Waals surface area contributed by atoms with Crippen LogP contribution in [0, 0.1) is 6.92 Å². The number of aromatic amines is 1. The molecule has 0 saturated carbocycles. The lowest BCUT2D eigenvalue weighted by atomic mass is 10.2. The van der Waals surface area contributed by atoms with Gasteiger partial charge in [0.1, 0.15) is 11.0 Å². The number of hydrogen-bond acceptors (Lipinski definition) is 5. The highest BCUT2D eigenvalue weighted by molar-refractivity contribution is 8.00. The fourth-order valence-corrected chi connectivity index (χ4v) is 3.90. The zero-order valence-corrected chi connectivity index (χ0v) is 15.5. The molecule has 2 aromatic carbocycles. The fourth-order valence-electron chi connectivity index (χ4n) is 3.05. The maximum Gasteiger partial charge on any atom is 0.283 e. The molecule has 1 N–H and O–H groups in total.